The Morgan fingerprint density at radius 3 is 2.09 bits per heavy atom. The molecule has 1 N–H and O–H groups in total. The third kappa shape index (κ3) is 3.01. The quantitative estimate of drug-likeness (QED) is 0.540. The van der Waals surface area contributed by atoms with Crippen LogP contribution in [0.2, 0.25) is 0 Å². The first kappa shape index (κ1) is 12.5. The number of hydrogen-bond acceptors (Lipinski definition) is 1. The van der Waals surface area contributed by atoms with Crippen molar-refractivity contribution in [3.05, 3.63) is 25.6 Å². The Bertz CT molecular complexity index is 242. The number of phenols is 1. The number of phenolic OH excluding ortho intramolecular Hbond substituents is 1. The van der Waals surface area contributed by atoms with Crippen LogP contribution in [-0.4, -0.2) is 5.11 Å². The Labute approximate surface area is 114 Å². The van der Waals surface area contributed by atoms with Crippen LogP contribution in [-0.2, 0) is 0 Å². The van der Waals surface area contributed by atoms with Gasteiger partial charge in [0, 0.05) is 8.95 Å². The van der Waals surface area contributed by atoms with E-state index in [-0.39, 0.29) is 36.7 Å². The monoisotopic (exact) mass is 352 g/mol. The number of aromatic hydroxyl groups is 1. The van der Waals surface area contributed by atoms with Crippen molar-refractivity contribution in [1.29, 1.82) is 0 Å². The van der Waals surface area contributed by atoms with Gasteiger partial charge in [0.1, 0.15) is 5.75 Å². The van der Waals surface area contributed by atoms with Gasteiger partial charge in [-0.15, -0.1) is 0 Å². The van der Waals surface area contributed by atoms with Crippen LogP contribution in [0.1, 0.15) is 1.43 Å². The minimum Gasteiger partial charge on any atom is -1.00 e. The molecule has 0 aromatic heterocycles. The number of rotatable bonds is 0. The van der Waals surface area contributed by atoms with Crippen LogP contribution in [0.5, 0.6) is 5.75 Å². The van der Waals surface area contributed by atoms with Crippen LogP contribution < -0.4 is 29.6 Å². The molecule has 0 unspecified atom stereocenters. The maximum Gasteiger partial charge on any atom is 1.00 e. The predicted molar refractivity (Wildman–Crippen MR) is 52.3 cm³/mol. The van der Waals surface area contributed by atoms with E-state index in [1.54, 1.807) is 12.1 Å². The summed E-state index contributed by atoms with van der Waals surface area (Å²) >= 11 is 9.77. The summed E-state index contributed by atoms with van der Waals surface area (Å²) < 4.78 is 2.41. The summed E-state index contributed by atoms with van der Waals surface area (Å²) in [6.07, 6.45) is 0. The maximum atomic E-state index is 9.13. The van der Waals surface area contributed by atoms with Gasteiger partial charge in [-0.2, -0.15) is 0 Å². The largest absolute Gasteiger partial charge is 1.00 e. The van der Waals surface area contributed by atoms with E-state index in [1.807, 2.05) is 0 Å². The van der Waals surface area contributed by atoms with Crippen molar-refractivity contribution in [1.82, 2.24) is 0 Å². The van der Waals surface area contributed by atoms with Crippen LogP contribution in [0.4, 0.5) is 0 Å². The smallest absolute Gasteiger partial charge is 1.00 e. The molecular weight excluding hydrogens is 351 g/mol. The van der Waals surface area contributed by atoms with Crippen molar-refractivity contribution >= 4 is 47.8 Å². The van der Waals surface area contributed by atoms with Gasteiger partial charge in [-0.1, -0.05) is 0 Å². The zero-order chi connectivity index (χ0) is 7.72. The van der Waals surface area contributed by atoms with Gasteiger partial charge in [0.2, 0.25) is 0 Å². The molecule has 0 fully saturated rings. The SMILES string of the molecule is Oc1ccc(Br)c(Br)c1Br.[H-].[Na+]. The molecule has 0 bridgehead atoms. The summed E-state index contributed by atoms with van der Waals surface area (Å²) in [5.74, 6) is 0.232. The second-order valence-corrected chi connectivity index (χ2v) is 4.13. The molecule has 0 saturated carbocycles. The van der Waals surface area contributed by atoms with E-state index in [0.29, 0.717) is 4.47 Å². The van der Waals surface area contributed by atoms with E-state index in [2.05, 4.69) is 47.8 Å². The first-order chi connectivity index (χ1) is 4.63. The molecule has 0 amide bonds. The number of halogens is 3. The molecule has 0 radical (unpaired) electrons. The van der Waals surface area contributed by atoms with Crippen molar-refractivity contribution in [2.24, 2.45) is 0 Å². The van der Waals surface area contributed by atoms with Crippen LogP contribution in [0, 0.1) is 0 Å². The van der Waals surface area contributed by atoms with Crippen molar-refractivity contribution in [2.75, 3.05) is 0 Å². The van der Waals surface area contributed by atoms with E-state index in [0.717, 1.165) is 8.95 Å². The van der Waals surface area contributed by atoms with Crippen LogP contribution in [0.25, 0.3) is 0 Å². The van der Waals surface area contributed by atoms with Gasteiger partial charge in [0.15, 0.2) is 0 Å². The van der Waals surface area contributed by atoms with Gasteiger partial charge in [-0.05, 0) is 59.9 Å². The van der Waals surface area contributed by atoms with Gasteiger partial charge < -0.3 is 6.53 Å². The van der Waals surface area contributed by atoms with Gasteiger partial charge in [0.25, 0.3) is 0 Å². The van der Waals surface area contributed by atoms with E-state index in [9.17, 15) is 0 Å². The summed E-state index contributed by atoms with van der Waals surface area (Å²) in [4.78, 5) is 0. The van der Waals surface area contributed by atoms with E-state index in [4.69, 9.17) is 5.11 Å². The van der Waals surface area contributed by atoms with Crippen LogP contribution in [0.15, 0.2) is 25.6 Å². The number of hydrogen-bond donors (Lipinski definition) is 1. The second-order valence-electron chi connectivity index (χ2n) is 1.69. The van der Waals surface area contributed by atoms with Gasteiger partial charge in [-0.3, -0.25) is 0 Å². The zero-order valence-electron chi connectivity index (χ0n) is 6.74. The van der Waals surface area contributed by atoms with Crippen molar-refractivity contribution < 1.29 is 36.1 Å². The predicted octanol–water partition coefficient (Wildman–Crippen LogP) is 0.796. The molecule has 56 valence electrons. The maximum absolute atomic E-state index is 9.13. The Morgan fingerprint density at radius 1 is 1.09 bits per heavy atom. The Hall–Kier alpha value is 1.46. The minimum absolute atomic E-state index is 0. The van der Waals surface area contributed by atoms with Crippen LogP contribution in [0.3, 0.4) is 0 Å². The van der Waals surface area contributed by atoms with E-state index in [1.165, 1.54) is 0 Å². The summed E-state index contributed by atoms with van der Waals surface area (Å²) in [5.41, 5.74) is 0. The Morgan fingerprint density at radius 2 is 1.64 bits per heavy atom. The zero-order valence-corrected chi connectivity index (χ0v) is 12.5. The van der Waals surface area contributed by atoms with Crippen molar-refractivity contribution in [2.45, 2.75) is 0 Å². The molecule has 0 aliphatic carbocycles. The van der Waals surface area contributed by atoms with Gasteiger partial charge in [-0.25, -0.2) is 0 Å². The van der Waals surface area contributed by atoms with Crippen molar-refractivity contribution in [3.63, 3.8) is 0 Å². The fraction of sp³-hybridized carbons (Fsp3) is 0. The molecule has 0 saturated heterocycles. The molecule has 0 aliphatic heterocycles. The normalized spacial score (nSPS) is 9.00. The molecule has 1 aromatic carbocycles. The Kier molecular flexibility index (Phi) is 5.94. The molecule has 11 heavy (non-hydrogen) atoms. The summed E-state index contributed by atoms with van der Waals surface area (Å²) in [7, 11) is 0. The fourth-order valence-electron chi connectivity index (χ4n) is 0.516. The van der Waals surface area contributed by atoms with Gasteiger partial charge in [0.05, 0.1) is 4.47 Å². The topological polar surface area (TPSA) is 20.2 Å². The molecule has 1 nitrogen and oxygen atoms in total. The average molecular weight is 355 g/mol. The molecule has 1 rings (SSSR count). The molecule has 0 aliphatic rings. The van der Waals surface area contributed by atoms with Gasteiger partial charge >= 0.3 is 29.6 Å². The Balaban J connectivity index is 0. The molecule has 1 aromatic rings. The molecule has 0 atom stereocenters. The standard InChI is InChI=1S/C6H3Br3O.Na.H/c7-3-1-2-4(10)6(9)5(3)8;;/h1-2,10H;;/q;+1;-1. The summed E-state index contributed by atoms with van der Waals surface area (Å²) in [5, 5.41) is 9.13. The first-order valence-corrected chi connectivity index (χ1v) is 4.83. The molecule has 5 heteroatoms. The minimum atomic E-state index is 0. The van der Waals surface area contributed by atoms with Crippen molar-refractivity contribution in [3.8, 4) is 5.75 Å². The van der Waals surface area contributed by atoms with Crippen LogP contribution >= 0.6 is 47.8 Å². The molecular formula is C6H4Br3NaO. The van der Waals surface area contributed by atoms with E-state index >= 15 is 0 Å². The molecule has 0 spiro atoms. The molecule has 0 heterocycles. The summed E-state index contributed by atoms with van der Waals surface area (Å²) in [6.45, 7) is 0. The third-order valence-electron chi connectivity index (χ3n) is 1.01. The third-order valence-corrected chi connectivity index (χ3v) is 4.37. The fourth-order valence-corrected chi connectivity index (χ4v) is 1.79. The average Bonchev–Trinajstić information content (AvgIpc) is 1.93. The summed E-state index contributed by atoms with van der Waals surface area (Å²) in [6, 6.07) is 3.38. The first-order valence-electron chi connectivity index (χ1n) is 2.45. The second kappa shape index (κ2) is 5.25. The van der Waals surface area contributed by atoms with E-state index < -0.39 is 0 Å². The number of benzene rings is 1.